The van der Waals surface area contributed by atoms with Gasteiger partial charge >= 0.3 is 0 Å². The van der Waals surface area contributed by atoms with Crippen molar-refractivity contribution >= 4 is 34.4 Å². The summed E-state index contributed by atoms with van der Waals surface area (Å²) < 4.78 is 0. The van der Waals surface area contributed by atoms with Gasteiger partial charge in [0.1, 0.15) is 0 Å². The Bertz CT molecular complexity index is 679. The van der Waals surface area contributed by atoms with Gasteiger partial charge in [-0.2, -0.15) is 0 Å². The zero-order valence-corrected chi connectivity index (χ0v) is 14.7. The van der Waals surface area contributed by atoms with Crippen molar-refractivity contribution in [1.82, 2.24) is 10.2 Å². The lowest BCUT2D eigenvalue weighted by Crippen LogP contribution is -2.47. The molecule has 1 aliphatic rings. The molecule has 1 fully saturated rings. The summed E-state index contributed by atoms with van der Waals surface area (Å²) in [5, 5.41) is 6.98. The average Bonchev–Trinajstić information content (AvgIpc) is 3.18. The van der Waals surface area contributed by atoms with Crippen molar-refractivity contribution < 1.29 is 9.59 Å². The second-order valence-electron chi connectivity index (χ2n) is 5.88. The fourth-order valence-corrected chi connectivity index (χ4v) is 4.38. The number of amides is 1. The molecule has 3 rings (SSSR count). The SMILES string of the molecule is CC(=O)c1cc(C(=O)NC2CCCN(Cc3cccs3)C2)cs1. The maximum Gasteiger partial charge on any atom is 0.252 e. The Morgan fingerprint density at radius 1 is 1.39 bits per heavy atom. The van der Waals surface area contributed by atoms with E-state index in [2.05, 4.69) is 27.7 Å². The lowest BCUT2D eigenvalue weighted by atomic mass is 10.1. The van der Waals surface area contributed by atoms with Crippen LogP contribution in [0.3, 0.4) is 0 Å². The predicted molar refractivity (Wildman–Crippen MR) is 94.4 cm³/mol. The van der Waals surface area contributed by atoms with E-state index in [1.54, 1.807) is 22.8 Å². The Hall–Kier alpha value is -1.50. The topological polar surface area (TPSA) is 49.4 Å². The van der Waals surface area contributed by atoms with E-state index >= 15 is 0 Å². The molecule has 1 amide bonds. The van der Waals surface area contributed by atoms with Gasteiger partial charge < -0.3 is 5.32 Å². The van der Waals surface area contributed by atoms with Crippen LogP contribution in [0.4, 0.5) is 0 Å². The van der Waals surface area contributed by atoms with Crippen molar-refractivity contribution in [1.29, 1.82) is 0 Å². The molecule has 0 bridgehead atoms. The van der Waals surface area contributed by atoms with Gasteiger partial charge in [0, 0.05) is 29.4 Å². The molecular weight excluding hydrogens is 328 g/mol. The summed E-state index contributed by atoms with van der Waals surface area (Å²) in [6.07, 6.45) is 2.11. The molecule has 23 heavy (non-hydrogen) atoms. The Balaban J connectivity index is 1.56. The molecule has 122 valence electrons. The highest BCUT2D eigenvalue weighted by atomic mass is 32.1. The number of carbonyl (C=O) groups is 2. The molecule has 3 heterocycles. The normalized spacial score (nSPS) is 18.7. The first-order chi connectivity index (χ1) is 11.1. The molecule has 4 nitrogen and oxygen atoms in total. The minimum absolute atomic E-state index is 0.00818. The second kappa shape index (κ2) is 7.38. The average molecular weight is 348 g/mol. The molecule has 1 saturated heterocycles. The third-order valence-corrected chi connectivity index (χ3v) is 5.90. The zero-order valence-electron chi connectivity index (χ0n) is 13.1. The van der Waals surface area contributed by atoms with Crippen LogP contribution < -0.4 is 5.32 Å². The van der Waals surface area contributed by atoms with Crippen molar-refractivity contribution in [3.8, 4) is 0 Å². The third kappa shape index (κ3) is 4.28. The van der Waals surface area contributed by atoms with Gasteiger partial charge in [0.05, 0.1) is 10.4 Å². The quantitative estimate of drug-likeness (QED) is 0.843. The maximum absolute atomic E-state index is 12.3. The van der Waals surface area contributed by atoms with Gasteiger partial charge in [0.25, 0.3) is 5.91 Å². The summed E-state index contributed by atoms with van der Waals surface area (Å²) in [7, 11) is 0. The van der Waals surface area contributed by atoms with Gasteiger partial charge in [-0.25, -0.2) is 0 Å². The highest BCUT2D eigenvalue weighted by Gasteiger charge is 2.22. The molecular formula is C17H20N2O2S2. The van der Waals surface area contributed by atoms with Gasteiger partial charge in [-0.3, -0.25) is 14.5 Å². The van der Waals surface area contributed by atoms with Crippen molar-refractivity contribution in [3.05, 3.63) is 44.3 Å². The molecule has 2 aromatic heterocycles. The minimum Gasteiger partial charge on any atom is -0.348 e. The fourth-order valence-electron chi connectivity index (χ4n) is 2.85. The molecule has 0 spiro atoms. The molecule has 0 aliphatic carbocycles. The largest absolute Gasteiger partial charge is 0.348 e. The molecule has 1 unspecified atom stereocenters. The Labute approximate surface area is 144 Å². The highest BCUT2D eigenvalue weighted by molar-refractivity contribution is 7.12. The number of rotatable bonds is 5. The van der Waals surface area contributed by atoms with Gasteiger partial charge in [0.2, 0.25) is 0 Å². The number of likely N-dealkylation sites (tertiary alicyclic amines) is 1. The van der Waals surface area contributed by atoms with Crippen LogP contribution in [0.15, 0.2) is 29.0 Å². The van der Waals surface area contributed by atoms with Crippen LogP contribution in [0.1, 0.15) is 44.7 Å². The standard InChI is InChI=1S/C17H20N2O2S2/c1-12(20)16-8-13(11-23-16)17(21)18-14-4-2-6-19(9-14)10-15-5-3-7-22-15/h3,5,7-8,11,14H,2,4,6,9-10H2,1H3,(H,18,21). The number of nitrogens with zero attached hydrogens (tertiary/aromatic N) is 1. The van der Waals surface area contributed by atoms with E-state index in [1.165, 1.54) is 23.1 Å². The van der Waals surface area contributed by atoms with Crippen molar-refractivity contribution in [2.45, 2.75) is 32.4 Å². The number of ketones is 1. The smallest absolute Gasteiger partial charge is 0.252 e. The number of Topliss-reactive ketones (excluding diaryl/α,β-unsaturated/α-hetero) is 1. The number of thiophene rings is 2. The van der Waals surface area contributed by atoms with Crippen LogP contribution in [0.25, 0.3) is 0 Å². The summed E-state index contributed by atoms with van der Waals surface area (Å²) >= 11 is 3.11. The van der Waals surface area contributed by atoms with Crippen molar-refractivity contribution in [2.75, 3.05) is 13.1 Å². The van der Waals surface area contributed by atoms with Crippen LogP contribution in [0.5, 0.6) is 0 Å². The minimum atomic E-state index is -0.0725. The molecule has 0 saturated carbocycles. The molecule has 1 N–H and O–H groups in total. The molecule has 2 aromatic rings. The van der Waals surface area contributed by atoms with Crippen LogP contribution in [0, 0.1) is 0 Å². The fraction of sp³-hybridized carbons (Fsp3) is 0.412. The molecule has 6 heteroatoms. The van der Waals surface area contributed by atoms with Gasteiger partial charge in [-0.15, -0.1) is 22.7 Å². The second-order valence-corrected chi connectivity index (χ2v) is 7.83. The van der Waals surface area contributed by atoms with Crippen LogP contribution in [0.2, 0.25) is 0 Å². The number of nitrogens with one attached hydrogen (secondary N) is 1. The number of carbonyl (C=O) groups excluding carboxylic acids is 2. The van der Waals surface area contributed by atoms with Gasteiger partial charge in [-0.1, -0.05) is 6.07 Å². The van der Waals surface area contributed by atoms with Gasteiger partial charge in [0.15, 0.2) is 5.78 Å². The van der Waals surface area contributed by atoms with E-state index in [0.29, 0.717) is 10.4 Å². The Morgan fingerprint density at radius 2 is 2.26 bits per heavy atom. The summed E-state index contributed by atoms with van der Waals surface area (Å²) in [6, 6.07) is 6.10. The summed E-state index contributed by atoms with van der Waals surface area (Å²) in [4.78, 5) is 28.1. The predicted octanol–water partition coefficient (Wildman–Crippen LogP) is 3.41. The van der Waals surface area contributed by atoms with Gasteiger partial charge in [-0.05, 0) is 43.8 Å². The lowest BCUT2D eigenvalue weighted by molar-refractivity contribution is 0.0901. The first-order valence-corrected chi connectivity index (χ1v) is 9.53. The van der Waals surface area contributed by atoms with E-state index in [1.807, 2.05) is 0 Å². The van der Waals surface area contributed by atoms with E-state index < -0.39 is 0 Å². The van der Waals surface area contributed by atoms with E-state index in [4.69, 9.17) is 0 Å². The first-order valence-electron chi connectivity index (χ1n) is 7.77. The molecule has 1 atom stereocenters. The van der Waals surface area contributed by atoms with E-state index in [9.17, 15) is 9.59 Å². The first kappa shape index (κ1) is 16.4. The zero-order chi connectivity index (χ0) is 16.2. The van der Waals surface area contributed by atoms with Crippen molar-refractivity contribution in [3.63, 3.8) is 0 Å². The van der Waals surface area contributed by atoms with Crippen LogP contribution >= 0.6 is 22.7 Å². The number of hydrogen-bond donors (Lipinski definition) is 1. The Morgan fingerprint density at radius 3 is 2.96 bits per heavy atom. The summed E-state index contributed by atoms with van der Waals surface area (Å²) in [6.45, 7) is 4.44. The summed E-state index contributed by atoms with van der Waals surface area (Å²) in [5.41, 5.74) is 0.593. The Kier molecular flexibility index (Phi) is 5.25. The van der Waals surface area contributed by atoms with Crippen LogP contribution in [-0.4, -0.2) is 35.7 Å². The molecule has 0 aromatic carbocycles. The molecule has 0 radical (unpaired) electrons. The third-order valence-electron chi connectivity index (χ3n) is 4.01. The number of hydrogen-bond acceptors (Lipinski definition) is 5. The molecule has 1 aliphatic heterocycles. The van der Waals surface area contributed by atoms with E-state index in [-0.39, 0.29) is 17.7 Å². The highest BCUT2D eigenvalue weighted by Crippen LogP contribution is 2.18. The van der Waals surface area contributed by atoms with E-state index in [0.717, 1.165) is 32.5 Å². The summed E-state index contributed by atoms with van der Waals surface area (Å²) in [5.74, 6) is -0.0643. The van der Waals surface area contributed by atoms with Crippen molar-refractivity contribution in [2.24, 2.45) is 0 Å². The lowest BCUT2D eigenvalue weighted by Gasteiger charge is -2.32. The number of piperidine rings is 1. The maximum atomic E-state index is 12.3. The van der Waals surface area contributed by atoms with Crippen LogP contribution in [-0.2, 0) is 6.54 Å². The monoisotopic (exact) mass is 348 g/mol.